The molecule has 0 amide bonds. The fraction of sp³-hybridized carbons (Fsp3) is 0.278. The predicted molar refractivity (Wildman–Crippen MR) is 89.5 cm³/mol. The molecule has 0 spiro atoms. The Balaban J connectivity index is 1.97. The molecule has 0 radical (unpaired) electrons. The quantitative estimate of drug-likeness (QED) is 0.830. The van der Waals surface area contributed by atoms with Crippen molar-refractivity contribution >= 4 is 17.6 Å². The first-order valence-corrected chi connectivity index (χ1v) is 7.66. The fourth-order valence-corrected chi connectivity index (χ4v) is 2.84. The smallest absolute Gasteiger partial charge is 0.335 e. The molecule has 0 bridgehead atoms. The van der Waals surface area contributed by atoms with E-state index < -0.39 is 5.97 Å². The van der Waals surface area contributed by atoms with E-state index in [0.29, 0.717) is 18.1 Å². The molecule has 2 aromatic rings. The van der Waals surface area contributed by atoms with Crippen LogP contribution in [0.5, 0.6) is 0 Å². The third kappa shape index (κ3) is 4.53. The van der Waals surface area contributed by atoms with Crippen LogP contribution in [0.4, 0.5) is 4.39 Å². The van der Waals surface area contributed by atoms with Crippen molar-refractivity contribution < 1.29 is 14.3 Å². The van der Waals surface area contributed by atoms with Gasteiger partial charge >= 0.3 is 5.97 Å². The van der Waals surface area contributed by atoms with Crippen LogP contribution in [0.15, 0.2) is 42.5 Å². The maximum atomic E-state index is 13.2. The second-order valence-electron chi connectivity index (χ2n) is 6.11. The van der Waals surface area contributed by atoms with Crippen LogP contribution in [-0.2, 0) is 12.0 Å². The SMILES string of the molecule is CC(C)(CNCc1ccc(C(=O)O)cc1)c1ccc(F)cc1Cl. The molecule has 0 heterocycles. The maximum Gasteiger partial charge on any atom is 0.335 e. The highest BCUT2D eigenvalue weighted by Gasteiger charge is 2.23. The molecule has 0 aliphatic carbocycles. The average molecular weight is 336 g/mol. The summed E-state index contributed by atoms with van der Waals surface area (Å²) in [5.41, 5.74) is 1.89. The minimum Gasteiger partial charge on any atom is -0.478 e. The van der Waals surface area contributed by atoms with Gasteiger partial charge in [0.1, 0.15) is 5.82 Å². The van der Waals surface area contributed by atoms with Crippen molar-refractivity contribution in [3.63, 3.8) is 0 Å². The number of hydrogen-bond donors (Lipinski definition) is 2. The highest BCUT2D eigenvalue weighted by molar-refractivity contribution is 6.31. The summed E-state index contributed by atoms with van der Waals surface area (Å²) in [4.78, 5) is 10.8. The van der Waals surface area contributed by atoms with Crippen molar-refractivity contribution in [3.8, 4) is 0 Å². The summed E-state index contributed by atoms with van der Waals surface area (Å²) in [5, 5.41) is 12.6. The Morgan fingerprint density at radius 2 is 1.87 bits per heavy atom. The molecular weight excluding hydrogens is 317 g/mol. The number of aromatic carboxylic acids is 1. The monoisotopic (exact) mass is 335 g/mol. The molecule has 0 aliphatic heterocycles. The standard InChI is InChI=1S/C18H19ClFNO2/c1-18(2,15-8-7-14(20)9-16(15)19)11-21-10-12-3-5-13(6-4-12)17(22)23/h3-9,21H,10-11H2,1-2H3,(H,22,23). The van der Waals surface area contributed by atoms with Crippen molar-refractivity contribution in [1.29, 1.82) is 0 Å². The van der Waals surface area contributed by atoms with E-state index in [1.54, 1.807) is 30.3 Å². The van der Waals surface area contributed by atoms with Crippen LogP contribution >= 0.6 is 11.6 Å². The average Bonchev–Trinajstić information content (AvgIpc) is 2.47. The number of carbonyl (C=O) groups is 1. The summed E-state index contributed by atoms with van der Waals surface area (Å²) in [6.07, 6.45) is 0. The van der Waals surface area contributed by atoms with Gasteiger partial charge in [-0.3, -0.25) is 0 Å². The molecular formula is C18H19ClFNO2. The lowest BCUT2D eigenvalue weighted by Crippen LogP contribution is -2.33. The Morgan fingerprint density at radius 1 is 1.22 bits per heavy atom. The summed E-state index contributed by atoms with van der Waals surface area (Å²) in [6.45, 7) is 5.33. The fourth-order valence-electron chi connectivity index (χ4n) is 2.42. The van der Waals surface area contributed by atoms with E-state index in [1.807, 2.05) is 13.8 Å². The van der Waals surface area contributed by atoms with Crippen LogP contribution in [0, 0.1) is 5.82 Å². The Labute approximate surface area is 140 Å². The third-order valence-electron chi connectivity index (χ3n) is 3.76. The van der Waals surface area contributed by atoms with E-state index in [-0.39, 0.29) is 16.8 Å². The van der Waals surface area contributed by atoms with Crippen LogP contribution in [0.2, 0.25) is 5.02 Å². The zero-order valence-electron chi connectivity index (χ0n) is 13.1. The van der Waals surface area contributed by atoms with Gasteiger partial charge in [0.25, 0.3) is 0 Å². The number of hydrogen-bond acceptors (Lipinski definition) is 2. The van der Waals surface area contributed by atoms with Gasteiger partial charge in [-0.1, -0.05) is 43.6 Å². The van der Waals surface area contributed by atoms with Crippen molar-refractivity contribution in [2.24, 2.45) is 0 Å². The molecule has 2 aromatic carbocycles. The van der Waals surface area contributed by atoms with Gasteiger partial charge in [-0.25, -0.2) is 9.18 Å². The highest BCUT2D eigenvalue weighted by atomic mass is 35.5. The minimum atomic E-state index is -0.934. The normalized spacial score (nSPS) is 11.5. The lowest BCUT2D eigenvalue weighted by molar-refractivity contribution is 0.0697. The Bertz CT molecular complexity index is 699. The molecule has 0 fully saturated rings. The molecule has 0 saturated carbocycles. The second kappa shape index (κ2) is 7.11. The zero-order valence-corrected chi connectivity index (χ0v) is 13.8. The molecule has 0 atom stereocenters. The van der Waals surface area contributed by atoms with Gasteiger partial charge < -0.3 is 10.4 Å². The molecule has 23 heavy (non-hydrogen) atoms. The van der Waals surface area contributed by atoms with Crippen LogP contribution in [0.25, 0.3) is 0 Å². The molecule has 2 rings (SSSR count). The van der Waals surface area contributed by atoms with E-state index in [1.165, 1.54) is 12.1 Å². The van der Waals surface area contributed by atoms with Crippen molar-refractivity contribution in [3.05, 3.63) is 70.0 Å². The van der Waals surface area contributed by atoms with Gasteiger partial charge in [0.2, 0.25) is 0 Å². The molecule has 0 aromatic heterocycles. The molecule has 0 unspecified atom stereocenters. The van der Waals surface area contributed by atoms with E-state index in [2.05, 4.69) is 5.32 Å². The van der Waals surface area contributed by atoms with Gasteiger partial charge in [0.05, 0.1) is 5.56 Å². The number of carboxylic acid groups (broad SMARTS) is 1. The Hall–Kier alpha value is -1.91. The number of carboxylic acids is 1. The van der Waals surface area contributed by atoms with E-state index in [0.717, 1.165) is 11.1 Å². The summed E-state index contributed by atoms with van der Waals surface area (Å²) >= 11 is 6.13. The predicted octanol–water partition coefficient (Wildman–Crippen LogP) is 4.24. The summed E-state index contributed by atoms with van der Waals surface area (Å²) in [7, 11) is 0. The topological polar surface area (TPSA) is 49.3 Å². The van der Waals surface area contributed by atoms with Crippen molar-refractivity contribution in [2.75, 3.05) is 6.54 Å². The van der Waals surface area contributed by atoms with Gasteiger partial charge in [-0.15, -0.1) is 0 Å². The van der Waals surface area contributed by atoms with Crippen LogP contribution in [-0.4, -0.2) is 17.6 Å². The number of benzene rings is 2. The maximum absolute atomic E-state index is 13.2. The van der Waals surface area contributed by atoms with Crippen LogP contribution in [0.1, 0.15) is 35.3 Å². The summed E-state index contributed by atoms with van der Waals surface area (Å²) < 4.78 is 13.2. The minimum absolute atomic E-state index is 0.258. The first-order chi connectivity index (χ1) is 10.8. The first-order valence-electron chi connectivity index (χ1n) is 7.28. The van der Waals surface area contributed by atoms with Gasteiger partial charge in [-0.05, 0) is 35.4 Å². The third-order valence-corrected chi connectivity index (χ3v) is 4.07. The van der Waals surface area contributed by atoms with Gasteiger partial charge in [0, 0.05) is 23.5 Å². The largest absolute Gasteiger partial charge is 0.478 e. The van der Waals surface area contributed by atoms with E-state index in [9.17, 15) is 9.18 Å². The van der Waals surface area contributed by atoms with Gasteiger partial charge in [-0.2, -0.15) is 0 Å². The molecule has 0 saturated heterocycles. The lowest BCUT2D eigenvalue weighted by Gasteiger charge is -2.27. The van der Waals surface area contributed by atoms with E-state index >= 15 is 0 Å². The number of nitrogens with one attached hydrogen (secondary N) is 1. The van der Waals surface area contributed by atoms with Crippen molar-refractivity contribution in [2.45, 2.75) is 25.8 Å². The lowest BCUT2D eigenvalue weighted by atomic mass is 9.84. The van der Waals surface area contributed by atoms with Gasteiger partial charge in [0.15, 0.2) is 0 Å². The number of halogens is 2. The summed E-state index contributed by atoms with van der Waals surface area (Å²) in [6, 6.07) is 11.2. The summed E-state index contributed by atoms with van der Waals surface area (Å²) in [5.74, 6) is -1.28. The molecule has 3 nitrogen and oxygen atoms in total. The van der Waals surface area contributed by atoms with Crippen LogP contribution in [0.3, 0.4) is 0 Å². The molecule has 2 N–H and O–H groups in total. The highest BCUT2D eigenvalue weighted by Crippen LogP contribution is 2.30. The molecule has 122 valence electrons. The Morgan fingerprint density at radius 3 is 2.43 bits per heavy atom. The first kappa shape index (κ1) is 17.4. The molecule has 5 heteroatoms. The van der Waals surface area contributed by atoms with Crippen LogP contribution < -0.4 is 5.32 Å². The Kier molecular flexibility index (Phi) is 5.39. The van der Waals surface area contributed by atoms with E-state index in [4.69, 9.17) is 16.7 Å². The zero-order chi connectivity index (χ0) is 17.0. The second-order valence-corrected chi connectivity index (χ2v) is 6.52. The molecule has 0 aliphatic rings. The number of rotatable bonds is 6. The van der Waals surface area contributed by atoms with Crippen molar-refractivity contribution in [1.82, 2.24) is 5.32 Å².